The van der Waals surface area contributed by atoms with E-state index < -0.39 is 5.43 Å². The Labute approximate surface area is 214 Å². The highest BCUT2D eigenvalue weighted by atomic mass is 35.5. The van der Waals surface area contributed by atoms with E-state index in [2.05, 4.69) is 45.4 Å². The topological polar surface area (TPSA) is 46.5 Å². The second-order valence-corrected chi connectivity index (χ2v) is 13.2. The maximum atomic E-state index is 10.2. The van der Waals surface area contributed by atoms with E-state index in [0.29, 0.717) is 17.4 Å². The van der Waals surface area contributed by atoms with Crippen molar-refractivity contribution in [3.8, 4) is 0 Å². The van der Waals surface area contributed by atoms with Gasteiger partial charge in [0.25, 0.3) is 0 Å². The highest BCUT2D eigenvalue weighted by molar-refractivity contribution is 6.61. The molecule has 0 aromatic carbocycles. The lowest BCUT2D eigenvalue weighted by atomic mass is 9.47. The minimum Gasteiger partial charge on any atom is -0.454 e. The molecule has 34 heavy (non-hydrogen) atoms. The van der Waals surface area contributed by atoms with Crippen LogP contribution in [-0.4, -0.2) is 23.2 Å². The lowest BCUT2D eigenvalue weighted by Crippen LogP contribution is -2.50. The molecule has 196 valence electrons. The molecule has 3 fully saturated rings. The Morgan fingerprint density at radius 1 is 1.12 bits per heavy atom. The van der Waals surface area contributed by atoms with Gasteiger partial charge in [0.05, 0.1) is 12.7 Å². The Morgan fingerprint density at radius 3 is 2.47 bits per heavy atom. The first-order valence-corrected chi connectivity index (χ1v) is 14.6. The molecule has 4 rings (SSSR count). The van der Waals surface area contributed by atoms with Crippen LogP contribution in [0.5, 0.6) is 0 Å². The largest absolute Gasteiger partial charge is 0.454 e. The van der Waals surface area contributed by atoms with Crippen LogP contribution in [0.15, 0.2) is 11.6 Å². The number of fused-ring (bicyclic) bond motifs is 5. The van der Waals surface area contributed by atoms with E-state index in [1.54, 1.807) is 12.5 Å². The summed E-state index contributed by atoms with van der Waals surface area (Å²) in [6.07, 6.45) is 17.2. The number of hydrogen-bond donors (Lipinski definition) is 1. The van der Waals surface area contributed by atoms with Gasteiger partial charge in [-0.3, -0.25) is 0 Å². The first-order valence-electron chi connectivity index (χ1n) is 14.2. The van der Waals surface area contributed by atoms with E-state index in [-0.39, 0.29) is 6.10 Å². The summed E-state index contributed by atoms with van der Waals surface area (Å²) in [7, 11) is 0. The van der Waals surface area contributed by atoms with Crippen LogP contribution in [0, 0.1) is 46.3 Å². The van der Waals surface area contributed by atoms with Crippen molar-refractivity contribution < 1.29 is 14.6 Å². The molecule has 0 heterocycles. The summed E-state index contributed by atoms with van der Waals surface area (Å²) >= 11 is 4.72. The summed E-state index contributed by atoms with van der Waals surface area (Å²) in [6, 6.07) is 0. The van der Waals surface area contributed by atoms with Gasteiger partial charge in [0.2, 0.25) is 0 Å². The Hall–Kier alpha value is -0.540. The molecule has 4 heteroatoms. The maximum absolute atomic E-state index is 10.2. The lowest BCUT2D eigenvalue weighted by Gasteiger charge is -2.58. The second kappa shape index (κ2) is 11.7. The fraction of sp³-hybridized carbons (Fsp3) is 0.900. The van der Waals surface area contributed by atoms with Crippen molar-refractivity contribution in [3.63, 3.8) is 0 Å². The van der Waals surface area contributed by atoms with E-state index in [1.807, 2.05) is 0 Å². The number of ether oxygens (including phenoxy) is 1. The van der Waals surface area contributed by atoms with Crippen molar-refractivity contribution >= 4 is 17.0 Å². The number of carbonyl (C=O) groups is 1. The highest BCUT2D eigenvalue weighted by Crippen LogP contribution is 2.67. The average Bonchev–Trinajstić information content (AvgIpc) is 3.11. The summed E-state index contributed by atoms with van der Waals surface area (Å²) in [6.45, 7) is 14.6. The predicted molar refractivity (Wildman–Crippen MR) is 142 cm³/mol. The predicted octanol–water partition coefficient (Wildman–Crippen LogP) is 8.77. The first kappa shape index (κ1) is 28.0. The number of halogens is 1. The molecule has 0 bridgehead atoms. The van der Waals surface area contributed by atoms with Crippen LogP contribution in [0.1, 0.15) is 112 Å². The summed E-state index contributed by atoms with van der Waals surface area (Å²) in [5, 5.41) is 10.2. The van der Waals surface area contributed by atoms with Gasteiger partial charge in [0.1, 0.15) is 0 Å². The van der Waals surface area contributed by atoms with Gasteiger partial charge >= 0.3 is 5.43 Å². The maximum Gasteiger partial charge on any atom is 0.403 e. The van der Waals surface area contributed by atoms with Crippen LogP contribution in [0.25, 0.3) is 0 Å². The number of carbonyl (C=O) groups excluding carboxylic acids is 1. The van der Waals surface area contributed by atoms with E-state index in [9.17, 15) is 9.90 Å². The smallest absolute Gasteiger partial charge is 0.403 e. The van der Waals surface area contributed by atoms with Crippen molar-refractivity contribution in [2.24, 2.45) is 46.3 Å². The zero-order chi connectivity index (χ0) is 25.1. The monoisotopic (exact) mass is 494 g/mol. The summed E-state index contributed by atoms with van der Waals surface area (Å²) in [5.41, 5.74) is 1.86. The molecule has 0 radical (unpaired) electrons. The molecular formula is C30H51ClO3. The van der Waals surface area contributed by atoms with Crippen molar-refractivity contribution in [2.45, 2.75) is 118 Å². The molecule has 0 aromatic rings. The van der Waals surface area contributed by atoms with Crippen LogP contribution in [0.3, 0.4) is 0 Å². The Kier molecular flexibility index (Phi) is 9.63. The summed E-state index contributed by atoms with van der Waals surface area (Å²) in [5.74, 6) is 5.46. The van der Waals surface area contributed by atoms with E-state index >= 15 is 0 Å². The molecule has 3 saturated carbocycles. The van der Waals surface area contributed by atoms with Gasteiger partial charge < -0.3 is 9.84 Å². The third-order valence-electron chi connectivity index (χ3n) is 10.5. The van der Waals surface area contributed by atoms with Crippen molar-refractivity contribution in [1.82, 2.24) is 0 Å². The molecule has 0 aliphatic heterocycles. The summed E-state index contributed by atoms with van der Waals surface area (Å²) < 4.78 is 4.17. The van der Waals surface area contributed by atoms with E-state index in [1.165, 1.54) is 57.8 Å². The molecule has 8 atom stereocenters. The minimum absolute atomic E-state index is 0.0766. The Morgan fingerprint density at radius 2 is 1.85 bits per heavy atom. The van der Waals surface area contributed by atoms with Crippen LogP contribution >= 0.6 is 11.6 Å². The highest BCUT2D eigenvalue weighted by Gasteiger charge is 2.59. The molecule has 0 saturated heterocycles. The molecule has 0 amide bonds. The first-order chi connectivity index (χ1) is 16.0. The fourth-order valence-corrected chi connectivity index (χ4v) is 8.89. The van der Waals surface area contributed by atoms with Gasteiger partial charge in [0, 0.05) is 11.6 Å². The minimum atomic E-state index is -0.738. The fourth-order valence-electron chi connectivity index (χ4n) is 8.78. The Balaban J connectivity index is 0.000000481. The molecule has 0 spiro atoms. The molecular weight excluding hydrogens is 444 g/mol. The van der Waals surface area contributed by atoms with Gasteiger partial charge in [0.15, 0.2) is 0 Å². The zero-order valence-electron chi connectivity index (χ0n) is 22.7. The molecule has 1 N–H and O–H groups in total. The number of hydrogen-bond acceptors (Lipinski definition) is 3. The molecule has 4 aliphatic rings. The van der Waals surface area contributed by atoms with Crippen LogP contribution in [0.2, 0.25) is 0 Å². The molecule has 4 aliphatic carbocycles. The van der Waals surface area contributed by atoms with Gasteiger partial charge in [-0.25, -0.2) is 4.79 Å². The van der Waals surface area contributed by atoms with Crippen molar-refractivity contribution in [2.75, 3.05) is 6.61 Å². The zero-order valence-corrected chi connectivity index (χ0v) is 23.5. The van der Waals surface area contributed by atoms with Crippen LogP contribution < -0.4 is 0 Å². The quantitative estimate of drug-likeness (QED) is 0.296. The van der Waals surface area contributed by atoms with Crippen molar-refractivity contribution in [1.29, 1.82) is 0 Å². The molecule has 3 nitrogen and oxygen atoms in total. The normalized spacial score (nSPS) is 39.7. The van der Waals surface area contributed by atoms with Crippen LogP contribution in [0.4, 0.5) is 4.79 Å². The number of allylic oxidation sites excluding steroid dienone is 1. The van der Waals surface area contributed by atoms with Gasteiger partial charge in [-0.1, -0.05) is 65.5 Å². The number of aliphatic hydroxyl groups is 1. The number of aliphatic hydroxyl groups excluding tert-OH is 1. The molecule has 1 unspecified atom stereocenters. The van der Waals surface area contributed by atoms with E-state index in [4.69, 9.17) is 11.6 Å². The molecule has 0 aromatic heterocycles. The standard InChI is InChI=1S/C27H46O.C3H5ClO2/c1-18(2)7-6-8-19(3)23-11-12-24-22-10-9-20-17-21(28)13-15-26(20,4)25(22)14-16-27(23,24)5;1-2-6-3(4)5/h9,18-19,21-25,28H,6-8,10-17H2,1-5H3;2H2,1H3/t19?,21-,22-,23+,24-,25-,26-,27+;/m0./s1. The summed E-state index contributed by atoms with van der Waals surface area (Å²) in [4.78, 5) is 9.59. The van der Waals surface area contributed by atoms with Crippen molar-refractivity contribution in [3.05, 3.63) is 11.6 Å². The lowest BCUT2D eigenvalue weighted by molar-refractivity contribution is -0.0573. The van der Waals surface area contributed by atoms with Crippen LogP contribution in [-0.2, 0) is 4.74 Å². The van der Waals surface area contributed by atoms with Gasteiger partial charge in [-0.05, 0) is 105 Å². The van der Waals surface area contributed by atoms with E-state index in [0.717, 1.165) is 48.3 Å². The van der Waals surface area contributed by atoms with Gasteiger partial charge in [-0.15, -0.1) is 0 Å². The Bertz CT molecular complexity index is 718. The second-order valence-electron chi connectivity index (χ2n) is 12.9. The number of rotatable bonds is 6. The average molecular weight is 495 g/mol. The third-order valence-corrected chi connectivity index (χ3v) is 10.6. The van der Waals surface area contributed by atoms with Gasteiger partial charge in [-0.2, -0.15) is 0 Å². The SMILES string of the molecule is CC(C)CCCC(C)[C@H]1CC[C@H]2[C@@H]3CC=C4C[C@@H](O)CC[C@]4(C)[C@H]3CC[C@]12C.CCOC(=O)Cl. The third kappa shape index (κ3) is 5.88.